The Morgan fingerprint density at radius 3 is 2.11 bits per heavy atom. The zero-order chi connectivity index (χ0) is 24.6. The summed E-state index contributed by atoms with van der Waals surface area (Å²) >= 11 is 0. The molecule has 1 amide bonds. The van der Waals surface area contributed by atoms with Crippen LogP contribution in [0.4, 0.5) is 0 Å². The summed E-state index contributed by atoms with van der Waals surface area (Å²) in [7, 11) is 1.63. The maximum atomic E-state index is 12.7. The molecule has 0 radical (unpaired) electrons. The van der Waals surface area contributed by atoms with Gasteiger partial charge in [0.15, 0.2) is 0 Å². The van der Waals surface area contributed by atoms with Crippen molar-refractivity contribution in [2.45, 2.75) is 13.0 Å². The molecule has 0 fully saturated rings. The summed E-state index contributed by atoms with van der Waals surface area (Å²) in [5.41, 5.74) is 3.20. The predicted octanol–water partition coefficient (Wildman–Crippen LogP) is 7.25. The summed E-state index contributed by atoms with van der Waals surface area (Å²) in [6.07, 6.45) is 3.94. The molecule has 1 N–H and O–H groups in total. The van der Waals surface area contributed by atoms with Crippen LogP contribution in [0.3, 0.4) is 0 Å². The van der Waals surface area contributed by atoms with E-state index in [1.54, 1.807) is 26.2 Å². The Hall–Kier alpha value is -4.35. The molecule has 4 rings (SSSR count). The molecule has 4 aromatic rings. The lowest BCUT2D eigenvalue weighted by Crippen LogP contribution is -2.30. The molecule has 0 aliphatic rings. The largest absolute Gasteiger partial charge is 0.497 e. The van der Waals surface area contributed by atoms with E-state index in [9.17, 15) is 10.0 Å². The quantitative estimate of drug-likeness (QED) is 0.169. The van der Waals surface area contributed by atoms with E-state index in [1.807, 2.05) is 103 Å². The molecule has 0 aliphatic heterocycles. The van der Waals surface area contributed by atoms with E-state index in [4.69, 9.17) is 9.47 Å². The van der Waals surface area contributed by atoms with E-state index in [-0.39, 0.29) is 0 Å². The van der Waals surface area contributed by atoms with Crippen molar-refractivity contribution >= 4 is 18.1 Å². The summed E-state index contributed by atoms with van der Waals surface area (Å²) in [6.45, 7) is 1.79. The third kappa shape index (κ3) is 6.16. The van der Waals surface area contributed by atoms with Crippen molar-refractivity contribution in [1.82, 2.24) is 5.06 Å². The van der Waals surface area contributed by atoms with Gasteiger partial charge in [-0.05, 0) is 72.1 Å². The smallest absolute Gasteiger partial charge is 0.277 e. The van der Waals surface area contributed by atoms with Gasteiger partial charge in [-0.3, -0.25) is 10.0 Å². The number of hydroxylamine groups is 2. The molecule has 5 heteroatoms. The Kier molecular flexibility index (Phi) is 7.60. The van der Waals surface area contributed by atoms with Gasteiger partial charge >= 0.3 is 0 Å². The summed E-state index contributed by atoms with van der Waals surface area (Å²) in [4.78, 5) is 12.7. The highest BCUT2D eigenvalue weighted by Crippen LogP contribution is 2.25. The summed E-state index contributed by atoms with van der Waals surface area (Å²) in [5, 5.41) is 11.2. The first-order valence-corrected chi connectivity index (χ1v) is 11.3. The minimum Gasteiger partial charge on any atom is -0.497 e. The van der Waals surface area contributed by atoms with Crippen molar-refractivity contribution in [1.29, 1.82) is 0 Å². The molecule has 0 bridgehead atoms. The van der Waals surface area contributed by atoms with Crippen LogP contribution in [0.2, 0.25) is 0 Å². The fourth-order valence-electron chi connectivity index (χ4n) is 3.57. The first kappa shape index (κ1) is 23.8. The Balaban J connectivity index is 1.40. The molecule has 1 unspecified atom stereocenters. The second kappa shape index (κ2) is 11.2. The molecule has 0 aromatic heterocycles. The third-order valence-electron chi connectivity index (χ3n) is 5.64. The highest BCUT2D eigenvalue weighted by Gasteiger charge is 2.20. The van der Waals surface area contributed by atoms with Crippen LogP contribution in [-0.2, 0) is 0 Å². The fraction of sp³-hybridized carbons (Fsp3) is 0.100. The van der Waals surface area contributed by atoms with Gasteiger partial charge in [0, 0.05) is 5.56 Å². The van der Waals surface area contributed by atoms with E-state index in [2.05, 4.69) is 0 Å². The molecular formula is C30H27NO4. The van der Waals surface area contributed by atoms with Crippen LogP contribution in [0.25, 0.3) is 12.2 Å². The lowest BCUT2D eigenvalue weighted by molar-refractivity contribution is -0.0854. The van der Waals surface area contributed by atoms with Crippen LogP contribution in [0.15, 0.2) is 103 Å². The zero-order valence-electron chi connectivity index (χ0n) is 19.7. The van der Waals surface area contributed by atoms with Gasteiger partial charge in [0.1, 0.15) is 17.2 Å². The highest BCUT2D eigenvalue weighted by atomic mass is 16.5. The number of ether oxygens (including phenoxy) is 2. The topological polar surface area (TPSA) is 59.0 Å². The molecule has 4 aromatic carbocycles. The first-order valence-electron chi connectivity index (χ1n) is 11.3. The third-order valence-corrected chi connectivity index (χ3v) is 5.64. The molecule has 0 saturated carbocycles. The van der Waals surface area contributed by atoms with E-state index < -0.39 is 11.9 Å². The van der Waals surface area contributed by atoms with E-state index in [0.29, 0.717) is 5.56 Å². The minimum absolute atomic E-state index is 0.419. The second-order valence-electron chi connectivity index (χ2n) is 8.04. The second-order valence-corrected chi connectivity index (χ2v) is 8.04. The van der Waals surface area contributed by atoms with Gasteiger partial charge in [0.25, 0.3) is 5.91 Å². The van der Waals surface area contributed by atoms with Crippen LogP contribution < -0.4 is 9.47 Å². The Morgan fingerprint density at radius 1 is 0.771 bits per heavy atom. The average Bonchev–Trinajstić information content (AvgIpc) is 2.92. The van der Waals surface area contributed by atoms with Crippen molar-refractivity contribution in [3.8, 4) is 17.2 Å². The van der Waals surface area contributed by atoms with E-state index >= 15 is 0 Å². The number of carbonyl (C=O) groups excluding carboxylic acids is 1. The van der Waals surface area contributed by atoms with Gasteiger partial charge in [-0.15, -0.1) is 0 Å². The summed E-state index contributed by atoms with van der Waals surface area (Å²) in [5.74, 6) is 1.79. The minimum atomic E-state index is -0.448. The molecule has 35 heavy (non-hydrogen) atoms. The molecule has 5 nitrogen and oxygen atoms in total. The van der Waals surface area contributed by atoms with Crippen molar-refractivity contribution < 1.29 is 19.5 Å². The number of carbonyl (C=O) groups is 1. The van der Waals surface area contributed by atoms with Gasteiger partial charge in [-0.25, -0.2) is 5.06 Å². The molecule has 0 saturated heterocycles. The normalized spacial score (nSPS) is 11.7. The van der Waals surface area contributed by atoms with Gasteiger partial charge in [-0.1, -0.05) is 66.7 Å². The summed E-state index contributed by atoms with van der Waals surface area (Å²) < 4.78 is 11.1. The molecule has 0 heterocycles. The zero-order valence-corrected chi connectivity index (χ0v) is 19.7. The molecule has 0 spiro atoms. The van der Waals surface area contributed by atoms with Crippen LogP contribution in [0.5, 0.6) is 17.2 Å². The van der Waals surface area contributed by atoms with E-state index in [1.165, 1.54) is 0 Å². The number of hydrogen-bond donors (Lipinski definition) is 1. The Labute approximate surface area is 205 Å². The van der Waals surface area contributed by atoms with Gasteiger partial charge < -0.3 is 9.47 Å². The van der Waals surface area contributed by atoms with Crippen LogP contribution in [0.1, 0.15) is 40.0 Å². The van der Waals surface area contributed by atoms with Crippen LogP contribution in [0, 0.1) is 0 Å². The number of hydrogen-bond acceptors (Lipinski definition) is 4. The lowest BCUT2D eigenvalue weighted by atomic mass is 10.1. The Bertz CT molecular complexity index is 1280. The monoisotopic (exact) mass is 465 g/mol. The highest BCUT2D eigenvalue weighted by molar-refractivity contribution is 5.94. The van der Waals surface area contributed by atoms with Gasteiger partial charge in [0.05, 0.1) is 13.2 Å². The maximum absolute atomic E-state index is 12.7. The van der Waals surface area contributed by atoms with Crippen molar-refractivity contribution in [3.63, 3.8) is 0 Å². The first-order chi connectivity index (χ1) is 17.0. The maximum Gasteiger partial charge on any atom is 0.277 e. The van der Waals surface area contributed by atoms with Crippen LogP contribution >= 0.6 is 0 Å². The number of methoxy groups -OCH3 is 1. The van der Waals surface area contributed by atoms with Crippen molar-refractivity contribution in [2.75, 3.05) is 7.11 Å². The van der Waals surface area contributed by atoms with Crippen molar-refractivity contribution in [2.24, 2.45) is 0 Å². The van der Waals surface area contributed by atoms with E-state index in [0.717, 1.165) is 39.0 Å². The molecule has 1 atom stereocenters. The average molecular weight is 466 g/mol. The molecular weight excluding hydrogens is 438 g/mol. The Morgan fingerprint density at radius 2 is 1.43 bits per heavy atom. The van der Waals surface area contributed by atoms with Gasteiger partial charge in [0.2, 0.25) is 0 Å². The number of benzene rings is 4. The van der Waals surface area contributed by atoms with Crippen LogP contribution in [-0.4, -0.2) is 23.3 Å². The number of nitrogens with zero attached hydrogens (tertiary/aromatic N) is 1. The molecule has 0 aliphatic carbocycles. The number of amides is 1. The van der Waals surface area contributed by atoms with Gasteiger partial charge in [-0.2, -0.15) is 0 Å². The SMILES string of the molecule is COc1ccc(Oc2cccc(/C=C/c3ccc(C(=O)N(O)C(C)c4ccccc4)cc3)c2)cc1. The molecule has 176 valence electrons. The lowest BCUT2D eigenvalue weighted by Gasteiger charge is -2.23. The standard InChI is InChI=1S/C30H27NO4/c1-22(25-8-4-3-5-9-25)31(33)30(32)26-15-13-23(14-16-26)11-12-24-7-6-10-29(21-24)35-28-19-17-27(34-2)18-20-28/h3-22,33H,1-2H3/b12-11+. The fourth-order valence-corrected chi connectivity index (χ4v) is 3.57. The predicted molar refractivity (Wildman–Crippen MR) is 138 cm³/mol. The van der Waals surface area contributed by atoms with Crippen molar-refractivity contribution in [3.05, 3.63) is 125 Å². The summed E-state index contributed by atoms with van der Waals surface area (Å²) in [6, 6.07) is 31.3. The number of rotatable bonds is 8.